The molecule has 0 aromatic carbocycles. The summed E-state index contributed by atoms with van der Waals surface area (Å²) < 4.78 is 55.4. The largest absolute Gasteiger partial charge is 1.00 e. The zero-order valence-corrected chi connectivity index (χ0v) is 41.3. The van der Waals surface area contributed by atoms with Crippen LogP contribution in [0.4, 0.5) is 0 Å². The molecule has 0 heterocycles. The minimum Gasteiger partial charge on any atom is -0.778 e. The monoisotopic (exact) mass is 763 g/mol. The first-order valence-corrected chi connectivity index (χ1v) is 17.1. The molecular weight excluding hydrogens is 740 g/mol. The van der Waals surface area contributed by atoms with Gasteiger partial charge in [0.05, 0.1) is 31.4 Å². The minimum atomic E-state index is -5.06. The smallest absolute Gasteiger partial charge is 0.778 e. The molecule has 0 rings (SSSR count). The Labute approximate surface area is 427 Å². The number of hydrogen-bond acceptors (Lipinski definition) is 13. The van der Waals surface area contributed by atoms with Crippen LogP contribution in [-0.4, -0.2) is 96.8 Å². The molecule has 0 aliphatic carbocycles. The summed E-state index contributed by atoms with van der Waals surface area (Å²) in [7, 11) is -25.3. The molecule has 0 aromatic heterocycles. The average molecular weight is 764 g/mol. The van der Waals surface area contributed by atoms with Gasteiger partial charge in [-0.25, -0.2) is 0 Å². The van der Waals surface area contributed by atoms with Gasteiger partial charge < -0.3 is 71.8 Å². The van der Waals surface area contributed by atoms with Crippen LogP contribution in [0.2, 0.25) is 0 Å². The third kappa shape index (κ3) is 42.8. The fraction of sp³-hybridized carbons (Fsp3) is 1.00. The molecule has 28 heteroatoms. The molecule has 0 saturated carbocycles. The van der Waals surface area contributed by atoms with E-state index >= 15 is 0 Å². The summed E-state index contributed by atoms with van der Waals surface area (Å²) in [6.45, 7) is -2.30. The quantitative estimate of drug-likeness (QED) is 0.0720. The first-order chi connectivity index (χ1) is 13.9. The Morgan fingerprint density at radius 2 is 0.514 bits per heavy atom. The van der Waals surface area contributed by atoms with Crippen LogP contribution in [0.5, 0.6) is 0 Å². The Morgan fingerprint density at radius 3 is 0.676 bits per heavy atom. The van der Waals surface area contributed by atoms with Crippen molar-refractivity contribution in [3.8, 4) is 0 Å². The molecule has 0 aliphatic heterocycles. The average Bonchev–Trinajstić information content (AvgIpc) is 2.41. The molecule has 0 saturated heterocycles. The van der Waals surface area contributed by atoms with Gasteiger partial charge in [0.1, 0.15) is 38.0 Å². The van der Waals surface area contributed by atoms with Crippen molar-refractivity contribution in [3.05, 3.63) is 0 Å². The normalized spacial score (nSPS) is 19.2. The van der Waals surface area contributed by atoms with E-state index in [1.807, 2.05) is 0 Å². The molecule has 0 amide bonds. The van der Waals surface area contributed by atoms with Gasteiger partial charge in [-0.3, -0.25) is 14.7 Å². The van der Waals surface area contributed by atoms with Crippen molar-refractivity contribution in [1.82, 2.24) is 14.7 Å². The van der Waals surface area contributed by atoms with Crippen molar-refractivity contribution < 1.29 is 329 Å². The van der Waals surface area contributed by atoms with Gasteiger partial charge in [0.15, 0.2) is 0 Å². The van der Waals surface area contributed by atoms with Gasteiger partial charge in [0.2, 0.25) is 0 Å². The summed E-state index contributed by atoms with van der Waals surface area (Å²) in [5.74, 6) is 0. The molecule has 0 radical (unpaired) electrons. The van der Waals surface area contributed by atoms with Crippen LogP contribution in [0.1, 0.15) is 0 Å². The second kappa shape index (κ2) is 26.7. The minimum absolute atomic E-state index is 0. The Balaban J connectivity index is -0.000000480. The van der Waals surface area contributed by atoms with Crippen molar-refractivity contribution >= 4 is 38.0 Å². The SMILES string of the molecule is O=P([O-])(O)CN(CCN(CP(=O)([O-])O)CP(=O)([O-])O)CCN(CP(=O)([O-])O)CP(=O)([O-])O.[K+].[K+].[K+].[K+].[K+]. The van der Waals surface area contributed by atoms with Gasteiger partial charge >= 0.3 is 257 Å². The molecule has 5 unspecified atom stereocenters. The summed E-state index contributed by atoms with van der Waals surface area (Å²) >= 11 is 0. The van der Waals surface area contributed by atoms with Crippen LogP contribution in [0, 0.1) is 0 Å². The number of hydrogen-bond donors (Lipinski definition) is 5. The number of nitrogens with zero attached hydrogens (tertiary/aromatic N) is 3. The van der Waals surface area contributed by atoms with E-state index in [0.717, 1.165) is 4.90 Å². The maximum atomic E-state index is 11.2. The van der Waals surface area contributed by atoms with Crippen LogP contribution >= 0.6 is 38.0 Å². The predicted molar refractivity (Wildman–Crippen MR) is 98.4 cm³/mol. The van der Waals surface area contributed by atoms with Crippen LogP contribution in [0.15, 0.2) is 0 Å². The molecule has 0 aromatic rings. The van der Waals surface area contributed by atoms with Gasteiger partial charge in [-0.2, -0.15) is 0 Å². The standard InChI is InChI=1S/C9H28N3O15P5.5K/c13-28(14,15)5-10(1-3-11(6-29(16,17)18)7-30(19,20)21)2-4-12(8-31(22,23)24)9-32(25,26)27;;;;;/h1-9H2,(H2,13,14,15)(H2,16,17,18)(H2,19,20,21)(H2,22,23,24)(H2,25,26,27);;;;;/q;5*+1/p-5. The van der Waals surface area contributed by atoms with Gasteiger partial charge in [0.25, 0.3) is 0 Å². The summed E-state index contributed by atoms with van der Waals surface area (Å²) in [6.07, 6.45) is -6.12. The zero-order chi connectivity index (χ0) is 25.6. The Kier molecular flexibility index (Phi) is 41.8. The first kappa shape index (κ1) is 58.0. The van der Waals surface area contributed by atoms with Crippen LogP contribution in [0.25, 0.3) is 0 Å². The molecule has 0 fully saturated rings. The second-order valence-electron chi connectivity index (χ2n) is 6.80. The van der Waals surface area contributed by atoms with E-state index in [2.05, 4.69) is 0 Å². The second-order valence-corrected chi connectivity index (χ2v) is 14.6. The van der Waals surface area contributed by atoms with Crippen LogP contribution in [0.3, 0.4) is 0 Å². The van der Waals surface area contributed by atoms with Crippen molar-refractivity contribution in [2.45, 2.75) is 0 Å². The first-order valence-electron chi connectivity index (χ1n) is 8.25. The summed E-state index contributed by atoms with van der Waals surface area (Å²) in [4.78, 5) is 102. The third-order valence-corrected chi connectivity index (χ3v) is 7.15. The molecule has 37 heavy (non-hydrogen) atoms. The molecular formula is C9H23K5N3O15P5. The summed E-state index contributed by atoms with van der Waals surface area (Å²) in [5, 5.41) is 0. The van der Waals surface area contributed by atoms with E-state index in [-0.39, 0.29) is 257 Å². The van der Waals surface area contributed by atoms with Gasteiger partial charge in [-0.1, -0.05) is 0 Å². The predicted octanol–water partition coefficient (Wildman–Crippen LogP) is -20.6. The Morgan fingerprint density at radius 1 is 0.378 bits per heavy atom. The number of rotatable bonds is 16. The molecule has 0 spiro atoms. The van der Waals surface area contributed by atoms with Crippen LogP contribution < -0.4 is 281 Å². The molecule has 0 aliphatic rings. The maximum absolute atomic E-state index is 11.2. The third-order valence-electron chi connectivity index (χ3n) is 3.36. The van der Waals surface area contributed by atoms with Gasteiger partial charge in [-0.05, 0) is 0 Å². The van der Waals surface area contributed by atoms with Crippen LogP contribution in [-0.2, 0) is 22.8 Å². The van der Waals surface area contributed by atoms with Crippen molar-refractivity contribution in [1.29, 1.82) is 0 Å². The van der Waals surface area contributed by atoms with Crippen molar-refractivity contribution in [2.24, 2.45) is 0 Å². The molecule has 5 atom stereocenters. The summed E-state index contributed by atoms with van der Waals surface area (Å²) in [5.41, 5.74) is 0. The Bertz CT molecular complexity index is 742. The molecule has 194 valence electrons. The van der Waals surface area contributed by atoms with E-state index in [9.17, 15) is 47.3 Å². The molecule has 0 bridgehead atoms. The maximum Gasteiger partial charge on any atom is 1.00 e. The van der Waals surface area contributed by atoms with Crippen molar-refractivity contribution in [3.63, 3.8) is 0 Å². The van der Waals surface area contributed by atoms with E-state index in [4.69, 9.17) is 24.5 Å². The zero-order valence-electron chi connectivity index (χ0n) is 21.3. The van der Waals surface area contributed by atoms with Crippen molar-refractivity contribution in [2.75, 3.05) is 57.6 Å². The van der Waals surface area contributed by atoms with E-state index < -0.39 is 95.6 Å². The molecule has 18 nitrogen and oxygen atoms in total. The molecule has 5 N–H and O–H groups in total. The van der Waals surface area contributed by atoms with E-state index in [1.54, 1.807) is 0 Å². The fourth-order valence-electron chi connectivity index (χ4n) is 2.45. The topological polar surface area (TPSA) is 312 Å². The fourth-order valence-corrected chi connectivity index (χ4v) is 6.55. The van der Waals surface area contributed by atoms with E-state index in [0.29, 0.717) is 9.80 Å². The van der Waals surface area contributed by atoms with Gasteiger partial charge in [0, 0.05) is 26.2 Å². The summed E-state index contributed by atoms with van der Waals surface area (Å²) in [6, 6.07) is 0. The van der Waals surface area contributed by atoms with E-state index in [1.165, 1.54) is 0 Å². The van der Waals surface area contributed by atoms with Gasteiger partial charge in [-0.15, -0.1) is 0 Å². The Hall–Kier alpha value is 8.81.